The van der Waals surface area contributed by atoms with Crippen LogP contribution in [0, 0.1) is 35.2 Å². The molecular weight excluding hydrogens is 635 g/mol. The number of fused-ring (bicyclic) bond motifs is 8. The van der Waals surface area contributed by atoms with E-state index in [1.165, 1.54) is 24.3 Å². The number of piperazine rings is 1. The van der Waals surface area contributed by atoms with Crippen molar-refractivity contribution in [2.75, 3.05) is 44.4 Å². The van der Waals surface area contributed by atoms with Gasteiger partial charge >= 0.3 is 6.01 Å². The molecule has 10 rings (SSSR count). The molecule has 0 spiro atoms. The fraction of sp³-hybridized carbons (Fsp3) is 0.459. The van der Waals surface area contributed by atoms with Crippen molar-refractivity contribution in [2.45, 2.75) is 62.4 Å². The Morgan fingerprint density at radius 3 is 2.73 bits per heavy atom. The normalized spacial score (nSPS) is 27.6. The van der Waals surface area contributed by atoms with E-state index in [-0.39, 0.29) is 75.1 Å². The predicted octanol–water partition coefficient (Wildman–Crippen LogP) is 4.89. The zero-order valence-electron chi connectivity index (χ0n) is 26.6. The Bertz CT molecular complexity index is 2120. The molecule has 1 aliphatic carbocycles. The van der Waals surface area contributed by atoms with E-state index < -0.39 is 23.0 Å². The standard InChI is InChI=1S/C37H34F3N5O4/c1-2-23-25(38)5-3-18-9-21(46)11-24(28(18)23)29-31(39)33-30-34(32(29)40)48-15-27-26-6-4-19(41-26)12-45(27)35(30)43-36(42-33)49-17-37(7-8-37)16-44-13-22-10-20(44)14-47-22/h1,3,5,9,11,19-20,22,26-27,41,46H,4,6-8,10,12-17H2/t19-,20+,22+,26+,27-/m1/s1. The highest BCUT2D eigenvalue weighted by atomic mass is 19.1. The van der Waals surface area contributed by atoms with Crippen molar-refractivity contribution in [1.29, 1.82) is 0 Å². The van der Waals surface area contributed by atoms with Crippen molar-refractivity contribution in [1.82, 2.24) is 20.2 Å². The number of terminal acetylenes is 1. The Morgan fingerprint density at radius 2 is 1.96 bits per heavy atom. The summed E-state index contributed by atoms with van der Waals surface area (Å²) in [6.07, 6.45) is 11.0. The summed E-state index contributed by atoms with van der Waals surface area (Å²) >= 11 is 0. The Labute approximate surface area is 280 Å². The number of benzene rings is 3. The summed E-state index contributed by atoms with van der Waals surface area (Å²) in [4.78, 5) is 14.0. The molecule has 4 aromatic rings. The zero-order valence-corrected chi connectivity index (χ0v) is 26.6. The highest BCUT2D eigenvalue weighted by molar-refractivity contribution is 6.06. The van der Waals surface area contributed by atoms with Gasteiger partial charge in [0.05, 0.1) is 41.9 Å². The Morgan fingerprint density at radius 1 is 1.08 bits per heavy atom. The average molecular weight is 670 g/mol. The first kappa shape index (κ1) is 29.6. The number of aromatic nitrogens is 2. The van der Waals surface area contributed by atoms with E-state index in [2.05, 4.69) is 26.0 Å². The lowest BCUT2D eigenvalue weighted by Gasteiger charge is -2.40. The summed E-state index contributed by atoms with van der Waals surface area (Å²) in [5.41, 5.74) is -1.02. The van der Waals surface area contributed by atoms with Crippen molar-refractivity contribution >= 4 is 27.5 Å². The van der Waals surface area contributed by atoms with Crippen molar-refractivity contribution in [2.24, 2.45) is 5.41 Å². The second-order valence-corrected chi connectivity index (χ2v) is 14.7. The van der Waals surface area contributed by atoms with Crippen LogP contribution in [0.2, 0.25) is 0 Å². The fourth-order valence-electron chi connectivity index (χ4n) is 8.99. The second kappa shape index (κ2) is 10.6. The van der Waals surface area contributed by atoms with E-state index in [9.17, 15) is 5.11 Å². The molecule has 49 heavy (non-hydrogen) atoms. The summed E-state index contributed by atoms with van der Waals surface area (Å²) in [6.45, 7) is 3.66. The third kappa shape index (κ3) is 4.51. The maximum Gasteiger partial charge on any atom is 0.319 e. The number of aromatic hydroxyl groups is 1. The zero-order chi connectivity index (χ0) is 33.2. The first-order valence-electron chi connectivity index (χ1n) is 17.1. The quantitative estimate of drug-likeness (QED) is 0.279. The van der Waals surface area contributed by atoms with Crippen molar-refractivity contribution in [3.63, 3.8) is 0 Å². The summed E-state index contributed by atoms with van der Waals surface area (Å²) < 4.78 is 67.5. The van der Waals surface area contributed by atoms with E-state index in [0.29, 0.717) is 36.5 Å². The van der Waals surface area contributed by atoms with Crippen molar-refractivity contribution < 1.29 is 32.5 Å². The average Bonchev–Trinajstić information content (AvgIpc) is 3.36. The molecule has 252 valence electrons. The number of likely N-dealkylation sites (tertiary alicyclic amines) is 1. The maximum atomic E-state index is 17.2. The lowest BCUT2D eigenvalue weighted by atomic mass is 9.92. The summed E-state index contributed by atoms with van der Waals surface area (Å²) in [5.74, 6) is -0.479. The molecule has 1 saturated carbocycles. The van der Waals surface area contributed by atoms with Gasteiger partial charge in [0.25, 0.3) is 0 Å². The summed E-state index contributed by atoms with van der Waals surface area (Å²) in [6, 6.07) is 5.69. The van der Waals surface area contributed by atoms with E-state index in [0.717, 1.165) is 51.8 Å². The number of hydrogen-bond donors (Lipinski definition) is 2. The molecule has 2 N–H and O–H groups in total. The van der Waals surface area contributed by atoms with Crippen LogP contribution in [0.3, 0.4) is 0 Å². The molecule has 5 aliphatic heterocycles. The van der Waals surface area contributed by atoms with E-state index in [1.54, 1.807) is 0 Å². The van der Waals surface area contributed by atoms with Gasteiger partial charge in [0.15, 0.2) is 17.4 Å². The van der Waals surface area contributed by atoms with Crippen molar-refractivity contribution in [3.05, 3.63) is 47.3 Å². The number of phenols is 1. The molecule has 4 bridgehead atoms. The van der Waals surface area contributed by atoms with Gasteiger partial charge in [-0.3, -0.25) is 4.90 Å². The molecule has 3 aromatic carbocycles. The number of nitrogens with one attached hydrogen (secondary N) is 1. The van der Waals surface area contributed by atoms with Gasteiger partial charge in [-0.25, -0.2) is 13.2 Å². The van der Waals surface area contributed by atoms with Crippen LogP contribution in [0.1, 0.15) is 37.7 Å². The number of hydrogen-bond acceptors (Lipinski definition) is 9. The molecule has 1 aromatic heterocycles. The molecule has 9 nitrogen and oxygen atoms in total. The molecule has 6 heterocycles. The van der Waals surface area contributed by atoms with Crippen LogP contribution in [0.5, 0.6) is 17.5 Å². The van der Waals surface area contributed by atoms with Gasteiger partial charge in [-0.2, -0.15) is 9.97 Å². The lowest BCUT2D eigenvalue weighted by Crippen LogP contribution is -2.60. The summed E-state index contributed by atoms with van der Waals surface area (Å²) in [5, 5.41) is 14.9. The van der Waals surface area contributed by atoms with E-state index in [1.807, 2.05) is 0 Å². The Kier molecular flexibility index (Phi) is 6.40. The smallest absolute Gasteiger partial charge is 0.319 e. The Hall–Kier alpha value is -4.31. The predicted molar refractivity (Wildman–Crippen MR) is 175 cm³/mol. The van der Waals surface area contributed by atoms with Crippen LogP contribution < -0.4 is 19.7 Å². The molecular formula is C37H34F3N5O4. The number of ether oxygens (including phenoxy) is 3. The van der Waals surface area contributed by atoms with Gasteiger partial charge in [-0.1, -0.05) is 12.0 Å². The van der Waals surface area contributed by atoms with E-state index in [4.69, 9.17) is 25.6 Å². The number of nitrogens with zero attached hydrogens (tertiary/aromatic N) is 4. The SMILES string of the molecule is C#Cc1c(F)ccc2cc(O)cc(-c3c(F)c4c5c(nc(OCC6(CN7C[C@@H]8C[C@H]7CO8)CC6)nc5c3F)N3C[C@H]5CC[C@H](N5)[C@H]3CO4)c12. The number of phenolic OH excluding ortho intramolecular Hbond substituents is 1. The van der Waals surface area contributed by atoms with Crippen LogP contribution in [0.4, 0.5) is 19.0 Å². The fourth-order valence-corrected chi connectivity index (χ4v) is 8.99. The minimum absolute atomic E-state index is 0.00474. The molecule has 6 aliphatic rings. The van der Waals surface area contributed by atoms with Crippen LogP contribution in [0.25, 0.3) is 32.8 Å². The number of anilines is 1. The van der Waals surface area contributed by atoms with Crippen LogP contribution in [-0.2, 0) is 4.74 Å². The summed E-state index contributed by atoms with van der Waals surface area (Å²) in [7, 11) is 0. The first-order chi connectivity index (χ1) is 23.8. The number of rotatable bonds is 6. The van der Waals surface area contributed by atoms with Gasteiger partial charge in [-0.15, -0.1) is 6.42 Å². The van der Waals surface area contributed by atoms with Crippen LogP contribution in [-0.4, -0.2) is 89.7 Å². The molecule has 0 radical (unpaired) electrons. The Balaban J connectivity index is 1.13. The van der Waals surface area contributed by atoms with Gasteiger partial charge in [0.1, 0.15) is 29.5 Å². The second-order valence-electron chi connectivity index (χ2n) is 14.7. The van der Waals surface area contributed by atoms with Crippen molar-refractivity contribution in [3.8, 4) is 41.0 Å². The third-order valence-corrected chi connectivity index (χ3v) is 11.7. The minimum Gasteiger partial charge on any atom is -0.508 e. The van der Waals surface area contributed by atoms with Crippen LogP contribution in [0.15, 0.2) is 24.3 Å². The molecule has 4 saturated heterocycles. The monoisotopic (exact) mass is 669 g/mol. The van der Waals surface area contributed by atoms with E-state index >= 15 is 13.2 Å². The van der Waals surface area contributed by atoms with Gasteiger partial charge in [0, 0.05) is 54.1 Å². The van der Waals surface area contributed by atoms with Crippen LogP contribution >= 0.6 is 0 Å². The first-order valence-corrected chi connectivity index (χ1v) is 17.1. The molecule has 5 atom stereocenters. The highest BCUT2D eigenvalue weighted by Gasteiger charge is 2.50. The largest absolute Gasteiger partial charge is 0.508 e. The van der Waals surface area contributed by atoms with Gasteiger partial charge < -0.3 is 29.5 Å². The highest BCUT2D eigenvalue weighted by Crippen LogP contribution is 2.50. The van der Waals surface area contributed by atoms with Gasteiger partial charge in [0.2, 0.25) is 0 Å². The number of halogens is 3. The number of morpholine rings is 1. The molecule has 0 amide bonds. The molecule has 5 fully saturated rings. The maximum absolute atomic E-state index is 17.2. The molecule has 12 heteroatoms. The lowest BCUT2D eigenvalue weighted by molar-refractivity contribution is 0.0176. The molecule has 0 unspecified atom stereocenters. The van der Waals surface area contributed by atoms with Gasteiger partial charge in [-0.05, 0) is 55.7 Å². The minimum atomic E-state index is -1.00. The third-order valence-electron chi connectivity index (χ3n) is 11.7. The topological polar surface area (TPSA) is 92.2 Å².